The molecule has 0 spiro atoms. The molecule has 1 atom stereocenters. The first-order chi connectivity index (χ1) is 6.67. The fourth-order valence-electron chi connectivity index (χ4n) is 0.491. The van der Waals surface area contributed by atoms with Gasteiger partial charge in [-0.05, 0) is 6.37 Å². The summed E-state index contributed by atoms with van der Waals surface area (Å²) >= 11 is 0. The van der Waals surface area contributed by atoms with E-state index < -0.39 is 25.1 Å². The fraction of sp³-hybridized carbons (Fsp3) is 0.875. The second-order valence-corrected chi connectivity index (χ2v) is 1.92. The molecule has 0 radical (unpaired) electrons. The van der Waals surface area contributed by atoms with Crippen LogP contribution in [-0.4, -0.2) is 11.1 Å². The number of unbranched alkanes of at least 4 members (excludes halogenated alkanes) is 1. The summed E-state index contributed by atoms with van der Waals surface area (Å²) in [4.78, 5) is 10.5. The predicted octanol–water partition coefficient (Wildman–Crippen LogP) is 2.43. The number of carbonyl (C=O) groups is 1. The van der Waals surface area contributed by atoms with E-state index in [1.807, 2.05) is 6.92 Å². The number of rotatable bonds is 6. The molecule has 0 aliphatic rings. The van der Waals surface area contributed by atoms with Gasteiger partial charge in [0.15, 0.2) is 0 Å². The van der Waals surface area contributed by atoms with Crippen molar-refractivity contribution in [2.75, 3.05) is 0 Å². The van der Waals surface area contributed by atoms with Crippen LogP contribution in [0, 0.1) is 0 Å². The van der Waals surface area contributed by atoms with Crippen LogP contribution in [0.15, 0.2) is 0 Å². The van der Waals surface area contributed by atoms with Gasteiger partial charge in [-0.15, -0.1) is 0 Å². The molecule has 0 amide bonds. The van der Waals surface area contributed by atoms with Gasteiger partial charge in [-0.2, -0.15) is 0 Å². The molecule has 0 bridgehead atoms. The average molecular weight is 149 g/mol. The van der Waals surface area contributed by atoms with Crippen LogP contribution in [0.2, 0.25) is 0 Å². The van der Waals surface area contributed by atoms with Gasteiger partial charge in [0.25, 0.3) is 0 Å². The van der Waals surface area contributed by atoms with Gasteiger partial charge in [0.1, 0.15) is 0 Å². The van der Waals surface area contributed by atoms with Crippen LogP contribution in [-0.2, 0) is 4.79 Å². The van der Waals surface area contributed by atoms with Crippen LogP contribution in [0.1, 0.15) is 52.2 Å². The molecule has 10 heavy (non-hydrogen) atoms. The normalized spacial score (nSPS) is 23.1. The number of carboxylic acids is 1. The molecule has 0 saturated carbocycles. The van der Waals surface area contributed by atoms with E-state index in [4.69, 9.17) is 12.0 Å². The summed E-state index contributed by atoms with van der Waals surface area (Å²) in [6.07, 6.45) is -5.54. The molecule has 0 heterocycles. The van der Waals surface area contributed by atoms with E-state index in [0.717, 1.165) is 6.42 Å². The maximum Gasteiger partial charge on any atom is 0.303 e. The van der Waals surface area contributed by atoms with E-state index in [2.05, 4.69) is 0 Å². The van der Waals surface area contributed by atoms with Gasteiger partial charge in [0.05, 0.1) is 0 Å². The van der Waals surface area contributed by atoms with Crippen LogP contribution in [0.5, 0.6) is 0 Å². The number of hydrogen-bond donors (Lipinski definition) is 1. The molecule has 2 nitrogen and oxygen atoms in total. The van der Waals surface area contributed by atoms with Gasteiger partial charge >= 0.3 is 5.97 Å². The minimum Gasteiger partial charge on any atom is -0.481 e. The van der Waals surface area contributed by atoms with Crippen LogP contribution < -0.4 is 0 Å². The van der Waals surface area contributed by atoms with Gasteiger partial charge in [0.2, 0.25) is 0 Å². The second kappa shape index (κ2) is 6.59. The number of carboxylic acid groups (broad SMARTS) is 1. The molecule has 0 fully saturated rings. The summed E-state index contributed by atoms with van der Waals surface area (Å²) < 4.78 is 36.4. The van der Waals surface area contributed by atoms with E-state index in [1.165, 1.54) is 0 Å². The smallest absolute Gasteiger partial charge is 0.303 e. The molecule has 2 heteroatoms. The second-order valence-electron chi connectivity index (χ2n) is 1.92. The Morgan fingerprint density at radius 2 is 2.30 bits per heavy atom. The van der Waals surface area contributed by atoms with Crippen molar-refractivity contribution in [1.82, 2.24) is 0 Å². The monoisotopic (exact) mass is 149 g/mol. The number of aliphatic carboxylic acids is 1. The lowest BCUT2D eigenvalue weighted by Crippen LogP contribution is -1.93. The van der Waals surface area contributed by atoms with Crippen molar-refractivity contribution in [2.45, 2.75) is 45.3 Å². The van der Waals surface area contributed by atoms with Gasteiger partial charge in [0, 0.05) is 13.2 Å². The topological polar surface area (TPSA) is 37.3 Å². The van der Waals surface area contributed by atoms with Gasteiger partial charge in [-0.3, -0.25) is 4.79 Å². The summed E-state index contributed by atoms with van der Waals surface area (Å²) in [5.41, 5.74) is 0. The Morgan fingerprint density at radius 3 is 2.80 bits per heavy atom. The van der Waals surface area contributed by atoms with E-state index >= 15 is 0 Å². The largest absolute Gasteiger partial charge is 0.481 e. The standard InChI is InChI=1S/C8H16O2/c1-2-3-4-5-6-7-8(9)10/h2-7H2,1H3,(H,9,10)/i5D,6D2,7D2. The quantitative estimate of drug-likeness (QED) is 0.629. The van der Waals surface area contributed by atoms with Crippen LogP contribution >= 0.6 is 0 Å². The first-order valence-corrected chi connectivity index (χ1v) is 3.33. The molecule has 0 aromatic heterocycles. The molecule has 0 rings (SSSR count). The van der Waals surface area contributed by atoms with E-state index in [1.54, 1.807) is 0 Å². The van der Waals surface area contributed by atoms with Gasteiger partial charge in [-0.25, -0.2) is 0 Å². The third kappa shape index (κ3) is 7.47. The van der Waals surface area contributed by atoms with E-state index in [-0.39, 0.29) is 6.42 Å². The first-order valence-electron chi connectivity index (χ1n) is 5.91. The lowest BCUT2D eigenvalue weighted by Gasteiger charge is -1.95. The van der Waals surface area contributed by atoms with Crippen molar-refractivity contribution in [3.63, 3.8) is 0 Å². The Bertz CT molecular complexity index is 229. The Hall–Kier alpha value is -0.530. The lowest BCUT2D eigenvalue weighted by molar-refractivity contribution is -0.137. The van der Waals surface area contributed by atoms with Crippen molar-refractivity contribution in [1.29, 1.82) is 0 Å². The molecule has 0 aromatic carbocycles. The molecule has 0 aliphatic carbocycles. The Balaban J connectivity index is 4.71. The Kier molecular flexibility index (Phi) is 2.47. The van der Waals surface area contributed by atoms with Crippen molar-refractivity contribution < 1.29 is 16.8 Å². The van der Waals surface area contributed by atoms with Crippen LogP contribution in [0.4, 0.5) is 0 Å². The Morgan fingerprint density at radius 1 is 1.60 bits per heavy atom. The molecule has 1 unspecified atom stereocenters. The van der Waals surface area contributed by atoms with Gasteiger partial charge < -0.3 is 5.11 Å². The molecular weight excluding hydrogens is 128 g/mol. The zero-order chi connectivity index (χ0) is 12.3. The zero-order valence-corrected chi connectivity index (χ0v) is 6.05. The van der Waals surface area contributed by atoms with Crippen molar-refractivity contribution in [2.24, 2.45) is 0 Å². The van der Waals surface area contributed by atoms with Gasteiger partial charge in [-0.1, -0.05) is 32.6 Å². The summed E-state index contributed by atoms with van der Waals surface area (Å²) in [7, 11) is 0. The van der Waals surface area contributed by atoms with Crippen LogP contribution in [0.3, 0.4) is 0 Å². The molecule has 0 saturated heterocycles. The minimum atomic E-state index is -3.02. The molecule has 1 N–H and O–H groups in total. The minimum absolute atomic E-state index is 0.163. The third-order valence-corrected chi connectivity index (χ3v) is 0.983. The van der Waals surface area contributed by atoms with Crippen LogP contribution in [0.25, 0.3) is 0 Å². The van der Waals surface area contributed by atoms with E-state index in [0.29, 0.717) is 6.42 Å². The summed E-state index contributed by atoms with van der Waals surface area (Å²) in [5.74, 6) is -1.86. The summed E-state index contributed by atoms with van der Waals surface area (Å²) in [5, 5.41) is 8.55. The zero-order valence-electron chi connectivity index (χ0n) is 11.1. The molecule has 60 valence electrons. The van der Waals surface area contributed by atoms with Crippen molar-refractivity contribution >= 4 is 5.97 Å². The summed E-state index contributed by atoms with van der Waals surface area (Å²) in [6, 6.07) is 0. The highest BCUT2D eigenvalue weighted by Gasteiger charge is 1.94. The maximum atomic E-state index is 10.5. The predicted molar refractivity (Wildman–Crippen MR) is 41.0 cm³/mol. The van der Waals surface area contributed by atoms with E-state index in [9.17, 15) is 4.79 Å². The average Bonchev–Trinajstić information content (AvgIpc) is 2.13. The number of hydrogen-bond acceptors (Lipinski definition) is 1. The molecule has 0 aliphatic heterocycles. The highest BCUT2D eigenvalue weighted by Crippen LogP contribution is 2.04. The van der Waals surface area contributed by atoms with Crippen molar-refractivity contribution in [3.8, 4) is 0 Å². The lowest BCUT2D eigenvalue weighted by atomic mass is 10.1. The highest BCUT2D eigenvalue weighted by atomic mass is 16.4. The fourth-order valence-corrected chi connectivity index (χ4v) is 0.491. The maximum absolute atomic E-state index is 10.5. The molecule has 0 aromatic rings. The SMILES string of the molecule is [2H]C(CCCC)C([2H])([2H])C([2H])([2H])C(=O)O. The third-order valence-electron chi connectivity index (χ3n) is 0.983. The Labute approximate surface area is 69.3 Å². The first kappa shape index (κ1) is 3.74. The summed E-state index contributed by atoms with van der Waals surface area (Å²) in [6.45, 7) is 1.87. The molecular formula is C8H16O2. The highest BCUT2D eigenvalue weighted by molar-refractivity contribution is 5.66. The van der Waals surface area contributed by atoms with Crippen molar-refractivity contribution in [3.05, 3.63) is 0 Å².